The molecule has 0 spiro atoms. The maximum absolute atomic E-state index is 10.6. The van der Waals surface area contributed by atoms with Crippen LogP contribution in [0, 0.1) is 5.92 Å². The van der Waals surface area contributed by atoms with Gasteiger partial charge in [-0.2, -0.15) is 0 Å². The normalized spacial score (nSPS) is 26.3. The van der Waals surface area contributed by atoms with E-state index in [2.05, 4.69) is 4.74 Å². The highest BCUT2D eigenvalue weighted by Gasteiger charge is 2.25. The fourth-order valence-electron chi connectivity index (χ4n) is 0.956. The molecule has 0 unspecified atom stereocenters. The van der Waals surface area contributed by atoms with Crippen LogP contribution in [0.2, 0.25) is 0 Å². The van der Waals surface area contributed by atoms with Gasteiger partial charge < -0.3 is 9.84 Å². The van der Waals surface area contributed by atoms with Gasteiger partial charge in [-0.15, -0.1) is 0 Å². The van der Waals surface area contributed by atoms with Crippen LogP contribution in [0.1, 0.15) is 12.8 Å². The average molecular weight is 130 g/mol. The Hall–Kier alpha value is -0.570. The first-order chi connectivity index (χ1) is 4.34. The molecule has 1 fully saturated rings. The number of carbonyl (C=O) groups excluding carboxylic acids is 1. The molecule has 3 nitrogen and oxygen atoms in total. The van der Waals surface area contributed by atoms with E-state index in [1.54, 1.807) is 0 Å². The molecule has 0 amide bonds. The minimum absolute atomic E-state index is 0.0324. The quantitative estimate of drug-likeness (QED) is 0.532. The molecule has 9 heavy (non-hydrogen) atoms. The molecule has 0 aromatic heterocycles. The van der Waals surface area contributed by atoms with E-state index in [1.165, 1.54) is 0 Å². The van der Waals surface area contributed by atoms with Gasteiger partial charge >= 0.3 is 5.97 Å². The van der Waals surface area contributed by atoms with Gasteiger partial charge in [-0.1, -0.05) is 0 Å². The molecule has 1 aliphatic heterocycles. The standard InChI is InChI=1S/C6H10O3/c7-3-1-5-2-4-9-6(5)8/h5,7H,1-4H2/t5-/m1/s1. The lowest BCUT2D eigenvalue weighted by atomic mass is 10.1. The molecule has 0 aromatic carbocycles. The Morgan fingerprint density at radius 2 is 2.56 bits per heavy atom. The summed E-state index contributed by atoms with van der Waals surface area (Å²) in [6.45, 7) is 0.614. The number of esters is 1. The van der Waals surface area contributed by atoms with Gasteiger partial charge in [0.15, 0.2) is 0 Å². The highest BCUT2D eigenvalue weighted by atomic mass is 16.5. The summed E-state index contributed by atoms with van der Waals surface area (Å²) < 4.78 is 4.67. The molecule has 3 heteroatoms. The molecular weight excluding hydrogens is 120 g/mol. The van der Waals surface area contributed by atoms with Crippen molar-refractivity contribution in [1.82, 2.24) is 0 Å². The minimum atomic E-state index is -0.149. The third-order valence-corrected chi connectivity index (χ3v) is 1.52. The summed E-state index contributed by atoms with van der Waals surface area (Å²) >= 11 is 0. The topological polar surface area (TPSA) is 46.5 Å². The SMILES string of the molecule is O=C1OCC[C@H]1CCO. The van der Waals surface area contributed by atoms with Crippen LogP contribution in [0.3, 0.4) is 0 Å². The Morgan fingerprint density at radius 3 is 3.00 bits per heavy atom. The predicted molar refractivity (Wildman–Crippen MR) is 30.8 cm³/mol. The Bertz CT molecular complexity index is 111. The molecule has 1 aliphatic rings. The van der Waals surface area contributed by atoms with Gasteiger partial charge in [0, 0.05) is 6.61 Å². The van der Waals surface area contributed by atoms with Gasteiger partial charge in [0.05, 0.1) is 12.5 Å². The molecular formula is C6H10O3. The van der Waals surface area contributed by atoms with E-state index < -0.39 is 0 Å². The maximum atomic E-state index is 10.6. The molecule has 0 saturated carbocycles. The van der Waals surface area contributed by atoms with Crippen molar-refractivity contribution in [3.05, 3.63) is 0 Å². The largest absolute Gasteiger partial charge is 0.465 e. The summed E-state index contributed by atoms with van der Waals surface area (Å²) in [6, 6.07) is 0. The van der Waals surface area contributed by atoms with Gasteiger partial charge in [0.1, 0.15) is 0 Å². The monoisotopic (exact) mass is 130 g/mol. The van der Waals surface area contributed by atoms with E-state index in [1.807, 2.05) is 0 Å². The molecule has 1 rings (SSSR count). The zero-order chi connectivity index (χ0) is 6.69. The van der Waals surface area contributed by atoms with Gasteiger partial charge in [0.2, 0.25) is 0 Å². The molecule has 0 aromatic rings. The van der Waals surface area contributed by atoms with E-state index >= 15 is 0 Å². The van der Waals surface area contributed by atoms with Crippen molar-refractivity contribution in [2.45, 2.75) is 12.8 Å². The van der Waals surface area contributed by atoms with Crippen LogP contribution in [0.5, 0.6) is 0 Å². The fraction of sp³-hybridized carbons (Fsp3) is 0.833. The molecule has 1 atom stereocenters. The van der Waals surface area contributed by atoms with E-state index in [0.29, 0.717) is 13.0 Å². The molecule has 0 radical (unpaired) electrons. The average Bonchev–Trinajstić information content (AvgIpc) is 2.18. The lowest BCUT2D eigenvalue weighted by molar-refractivity contribution is -0.141. The Balaban J connectivity index is 2.31. The number of hydrogen-bond acceptors (Lipinski definition) is 3. The third kappa shape index (κ3) is 1.42. The van der Waals surface area contributed by atoms with E-state index in [4.69, 9.17) is 5.11 Å². The zero-order valence-corrected chi connectivity index (χ0v) is 5.17. The summed E-state index contributed by atoms with van der Waals surface area (Å²) in [7, 11) is 0. The summed E-state index contributed by atoms with van der Waals surface area (Å²) in [5.41, 5.74) is 0. The number of ether oxygens (including phenoxy) is 1. The molecule has 1 saturated heterocycles. The number of rotatable bonds is 2. The summed E-state index contributed by atoms with van der Waals surface area (Å²) in [4.78, 5) is 10.6. The Kier molecular flexibility index (Phi) is 2.05. The smallest absolute Gasteiger partial charge is 0.309 e. The van der Waals surface area contributed by atoms with Crippen molar-refractivity contribution in [1.29, 1.82) is 0 Å². The number of cyclic esters (lactones) is 1. The number of aliphatic hydroxyl groups excluding tert-OH is 1. The van der Waals surface area contributed by atoms with Crippen molar-refractivity contribution in [2.75, 3.05) is 13.2 Å². The minimum Gasteiger partial charge on any atom is -0.465 e. The second-order valence-electron chi connectivity index (χ2n) is 2.17. The van der Waals surface area contributed by atoms with Crippen LogP contribution in [0.4, 0.5) is 0 Å². The maximum Gasteiger partial charge on any atom is 0.309 e. The Morgan fingerprint density at radius 1 is 1.78 bits per heavy atom. The lowest BCUT2D eigenvalue weighted by Crippen LogP contribution is -2.08. The first kappa shape index (κ1) is 6.55. The first-order valence-corrected chi connectivity index (χ1v) is 3.12. The van der Waals surface area contributed by atoms with Crippen LogP contribution < -0.4 is 0 Å². The highest BCUT2D eigenvalue weighted by molar-refractivity contribution is 5.73. The number of carbonyl (C=O) groups is 1. The lowest BCUT2D eigenvalue weighted by Gasteiger charge is -1.98. The number of hydrogen-bond donors (Lipinski definition) is 1. The first-order valence-electron chi connectivity index (χ1n) is 3.12. The second-order valence-corrected chi connectivity index (χ2v) is 2.17. The van der Waals surface area contributed by atoms with Gasteiger partial charge in [0.25, 0.3) is 0 Å². The van der Waals surface area contributed by atoms with E-state index in [0.717, 1.165) is 6.42 Å². The van der Waals surface area contributed by atoms with Gasteiger partial charge in [-0.25, -0.2) is 0 Å². The van der Waals surface area contributed by atoms with Crippen molar-refractivity contribution in [3.8, 4) is 0 Å². The zero-order valence-electron chi connectivity index (χ0n) is 5.17. The van der Waals surface area contributed by atoms with Gasteiger partial charge in [-0.3, -0.25) is 4.79 Å². The number of aliphatic hydroxyl groups is 1. The summed E-state index contributed by atoms with van der Waals surface area (Å²) in [6.07, 6.45) is 1.33. The van der Waals surface area contributed by atoms with Gasteiger partial charge in [-0.05, 0) is 12.8 Å². The molecule has 0 bridgehead atoms. The van der Waals surface area contributed by atoms with Crippen molar-refractivity contribution >= 4 is 5.97 Å². The van der Waals surface area contributed by atoms with Crippen molar-refractivity contribution in [3.63, 3.8) is 0 Å². The third-order valence-electron chi connectivity index (χ3n) is 1.52. The van der Waals surface area contributed by atoms with Crippen LogP contribution in [0.15, 0.2) is 0 Å². The van der Waals surface area contributed by atoms with Crippen molar-refractivity contribution in [2.24, 2.45) is 5.92 Å². The molecule has 1 heterocycles. The highest BCUT2D eigenvalue weighted by Crippen LogP contribution is 2.16. The fourth-order valence-corrected chi connectivity index (χ4v) is 0.956. The van der Waals surface area contributed by atoms with Crippen LogP contribution in [-0.4, -0.2) is 24.3 Å². The molecule has 0 aliphatic carbocycles. The molecule has 52 valence electrons. The predicted octanol–water partition coefficient (Wildman–Crippen LogP) is -0.0681. The summed E-state index contributed by atoms with van der Waals surface area (Å²) in [5, 5.41) is 8.44. The second kappa shape index (κ2) is 2.82. The summed E-state index contributed by atoms with van der Waals surface area (Å²) in [5.74, 6) is -0.181. The van der Waals surface area contributed by atoms with Crippen LogP contribution >= 0.6 is 0 Å². The van der Waals surface area contributed by atoms with Crippen LogP contribution in [0.25, 0.3) is 0 Å². The van der Waals surface area contributed by atoms with Crippen molar-refractivity contribution < 1.29 is 14.6 Å². The Labute approximate surface area is 53.6 Å². The van der Waals surface area contributed by atoms with E-state index in [-0.39, 0.29) is 18.5 Å². The van der Waals surface area contributed by atoms with E-state index in [9.17, 15) is 4.79 Å². The van der Waals surface area contributed by atoms with Crippen LogP contribution in [-0.2, 0) is 9.53 Å². The molecule has 1 N–H and O–H groups in total.